The molecule has 0 aromatic heterocycles. The molecule has 1 N–H and O–H groups in total. The monoisotopic (exact) mass is 229 g/mol. The number of hydrogen-bond donors (Lipinski definition) is 1. The zero-order valence-corrected chi connectivity index (χ0v) is 8.56. The third-order valence-corrected chi connectivity index (χ3v) is 1.86. The number of rotatable bonds is 2. The lowest BCUT2D eigenvalue weighted by Gasteiger charge is -2.10. The summed E-state index contributed by atoms with van der Waals surface area (Å²) in [5.41, 5.74) is -0.252. The number of benzene rings is 1. The quantitative estimate of drug-likeness (QED) is 0.775. The Morgan fingerprint density at radius 2 is 2.00 bits per heavy atom. The van der Waals surface area contributed by atoms with Crippen LogP contribution in [-0.4, -0.2) is 5.91 Å². The fourth-order valence-corrected chi connectivity index (χ4v) is 1.21. The fraction of sp³-hybridized carbons (Fsp3) is 0.182. The summed E-state index contributed by atoms with van der Waals surface area (Å²) in [5, 5.41) is 2.29. The van der Waals surface area contributed by atoms with E-state index in [0.717, 1.165) is 18.2 Å². The number of halogens is 3. The molecule has 0 fully saturated rings. The molecule has 0 bridgehead atoms. The van der Waals surface area contributed by atoms with Gasteiger partial charge in [-0.25, -0.2) is 0 Å². The summed E-state index contributed by atoms with van der Waals surface area (Å²) in [4.78, 5) is 10.9. The van der Waals surface area contributed by atoms with Crippen LogP contribution in [0.5, 0.6) is 0 Å². The Labute approximate surface area is 90.8 Å². The van der Waals surface area contributed by atoms with Gasteiger partial charge < -0.3 is 5.32 Å². The highest BCUT2D eigenvalue weighted by molar-refractivity contribution is 5.98. The number of aryl methyl sites for hydroxylation is 1. The maximum atomic E-state index is 12.4. The van der Waals surface area contributed by atoms with Crippen LogP contribution in [0.1, 0.15) is 11.1 Å². The largest absolute Gasteiger partial charge is 0.416 e. The third-order valence-electron chi connectivity index (χ3n) is 1.86. The molecule has 0 aliphatic rings. The van der Waals surface area contributed by atoms with Gasteiger partial charge in [-0.2, -0.15) is 13.2 Å². The van der Waals surface area contributed by atoms with Crippen LogP contribution < -0.4 is 5.32 Å². The second kappa shape index (κ2) is 4.38. The van der Waals surface area contributed by atoms with Crippen LogP contribution in [0.3, 0.4) is 0 Å². The number of nitrogens with one attached hydrogen (secondary N) is 1. The Balaban J connectivity index is 3.08. The first kappa shape index (κ1) is 12.3. The van der Waals surface area contributed by atoms with Crippen LogP contribution in [0.15, 0.2) is 30.9 Å². The van der Waals surface area contributed by atoms with Crippen molar-refractivity contribution in [3.63, 3.8) is 0 Å². The Bertz CT molecular complexity index is 424. The summed E-state index contributed by atoms with van der Waals surface area (Å²) in [7, 11) is 0. The first-order valence-electron chi connectivity index (χ1n) is 4.45. The molecule has 0 radical (unpaired) electrons. The van der Waals surface area contributed by atoms with Crippen LogP contribution >= 0.6 is 0 Å². The number of anilines is 1. The SMILES string of the molecule is C=CC(=O)Nc1cc(C)cc(C(F)(F)F)c1. The van der Waals surface area contributed by atoms with Gasteiger partial charge in [-0.1, -0.05) is 6.58 Å². The average molecular weight is 229 g/mol. The Kier molecular flexibility index (Phi) is 3.37. The predicted octanol–water partition coefficient (Wildman–Crippen LogP) is 3.14. The van der Waals surface area contributed by atoms with E-state index in [4.69, 9.17) is 0 Å². The van der Waals surface area contributed by atoms with Crippen molar-refractivity contribution in [2.45, 2.75) is 13.1 Å². The number of amides is 1. The van der Waals surface area contributed by atoms with E-state index < -0.39 is 17.6 Å². The molecule has 0 unspecified atom stereocenters. The van der Waals surface area contributed by atoms with E-state index in [9.17, 15) is 18.0 Å². The number of carbonyl (C=O) groups is 1. The molecule has 86 valence electrons. The van der Waals surface area contributed by atoms with Crippen LogP contribution in [0.4, 0.5) is 18.9 Å². The van der Waals surface area contributed by atoms with Gasteiger partial charge in [-0.15, -0.1) is 0 Å². The highest BCUT2D eigenvalue weighted by Crippen LogP contribution is 2.31. The molecule has 1 aromatic carbocycles. The van der Waals surface area contributed by atoms with Gasteiger partial charge in [0.05, 0.1) is 5.56 Å². The minimum Gasteiger partial charge on any atom is -0.323 e. The normalized spacial score (nSPS) is 11.0. The summed E-state index contributed by atoms with van der Waals surface area (Å²) in [6.07, 6.45) is -3.42. The maximum Gasteiger partial charge on any atom is 0.416 e. The molecule has 0 aliphatic heterocycles. The predicted molar refractivity (Wildman–Crippen MR) is 55.0 cm³/mol. The summed E-state index contributed by atoms with van der Waals surface area (Å²) in [6.45, 7) is 4.74. The van der Waals surface area contributed by atoms with E-state index in [2.05, 4.69) is 11.9 Å². The van der Waals surface area contributed by atoms with Crippen molar-refractivity contribution in [3.05, 3.63) is 42.0 Å². The molecule has 1 rings (SSSR count). The molecule has 0 spiro atoms. The van der Waals surface area contributed by atoms with Gasteiger partial charge in [0.25, 0.3) is 0 Å². The first-order chi connectivity index (χ1) is 7.32. The second-order valence-electron chi connectivity index (χ2n) is 3.28. The zero-order chi connectivity index (χ0) is 12.3. The Morgan fingerprint density at radius 3 is 2.50 bits per heavy atom. The van der Waals surface area contributed by atoms with Gasteiger partial charge in [0, 0.05) is 5.69 Å². The molecule has 0 aliphatic carbocycles. The molecule has 0 saturated carbocycles. The molecule has 0 heterocycles. The number of carbonyl (C=O) groups excluding carboxylic acids is 1. The molecule has 0 saturated heterocycles. The smallest absolute Gasteiger partial charge is 0.323 e. The highest BCUT2D eigenvalue weighted by Gasteiger charge is 2.30. The maximum absolute atomic E-state index is 12.4. The van der Waals surface area contributed by atoms with Crippen molar-refractivity contribution in [2.75, 3.05) is 5.32 Å². The van der Waals surface area contributed by atoms with Crippen molar-refractivity contribution in [1.82, 2.24) is 0 Å². The minimum absolute atomic E-state index is 0.109. The zero-order valence-electron chi connectivity index (χ0n) is 8.56. The summed E-state index contributed by atoms with van der Waals surface area (Å²) < 4.78 is 37.3. The average Bonchev–Trinajstić information content (AvgIpc) is 2.15. The Hall–Kier alpha value is -1.78. The lowest BCUT2D eigenvalue weighted by molar-refractivity contribution is -0.137. The topological polar surface area (TPSA) is 29.1 Å². The molecule has 16 heavy (non-hydrogen) atoms. The van der Waals surface area contributed by atoms with Crippen LogP contribution in [0.2, 0.25) is 0 Å². The number of alkyl halides is 3. The van der Waals surface area contributed by atoms with Gasteiger partial charge >= 0.3 is 6.18 Å². The van der Waals surface area contributed by atoms with Crippen molar-refractivity contribution in [1.29, 1.82) is 0 Å². The highest BCUT2D eigenvalue weighted by atomic mass is 19.4. The van der Waals surface area contributed by atoms with E-state index in [0.29, 0.717) is 5.56 Å². The van der Waals surface area contributed by atoms with Gasteiger partial charge in [-0.05, 0) is 36.8 Å². The fourth-order valence-electron chi connectivity index (χ4n) is 1.21. The lowest BCUT2D eigenvalue weighted by Crippen LogP contribution is -2.10. The van der Waals surface area contributed by atoms with E-state index in [1.807, 2.05) is 0 Å². The second-order valence-corrected chi connectivity index (χ2v) is 3.28. The standard InChI is InChI=1S/C11H10F3NO/c1-3-10(16)15-9-5-7(2)4-8(6-9)11(12,13)14/h3-6H,1H2,2H3,(H,15,16). The molecule has 5 heteroatoms. The summed E-state index contributed by atoms with van der Waals surface area (Å²) >= 11 is 0. The molecule has 1 aromatic rings. The van der Waals surface area contributed by atoms with Gasteiger partial charge in [0.1, 0.15) is 0 Å². The molecule has 1 amide bonds. The molecular weight excluding hydrogens is 219 g/mol. The van der Waals surface area contributed by atoms with Gasteiger partial charge in [0.15, 0.2) is 0 Å². The van der Waals surface area contributed by atoms with E-state index in [1.165, 1.54) is 13.0 Å². The van der Waals surface area contributed by atoms with E-state index in [-0.39, 0.29) is 5.69 Å². The number of hydrogen-bond acceptors (Lipinski definition) is 1. The minimum atomic E-state index is -4.42. The first-order valence-corrected chi connectivity index (χ1v) is 4.45. The van der Waals surface area contributed by atoms with Crippen LogP contribution in [0, 0.1) is 6.92 Å². The van der Waals surface area contributed by atoms with E-state index in [1.54, 1.807) is 0 Å². The molecule has 0 atom stereocenters. The van der Waals surface area contributed by atoms with Crippen molar-refractivity contribution in [2.24, 2.45) is 0 Å². The lowest BCUT2D eigenvalue weighted by atomic mass is 10.1. The third kappa shape index (κ3) is 3.12. The van der Waals surface area contributed by atoms with Crippen LogP contribution in [-0.2, 0) is 11.0 Å². The van der Waals surface area contributed by atoms with Crippen molar-refractivity contribution >= 4 is 11.6 Å². The molecular formula is C11H10F3NO. The van der Waals surface area contributed by atoms with Gasteiger partial charge in [0.2, 0.25) is 5.91 Å². The van der Waals surface area contributed by atoms with E-state index >= 15 is 0 Å². The summed E-state index contributed by atoms with van der Waals surface area (Å²) in [5.74, 6) is -0.543. The van der Waals surface area contributed by atoms with Crippen molar-refractivity contribution < 1.29 is 18.0 Å². The Morgan fingerprint density at radius 1 is 1.38 bits per heavy atom. The summed E-state index contributed by atoms with van der Waals surface area (Å²) in [6, 6.07) is 3.36. The van der Waals surface area contributed by atoms with Gasteiger partial charge in [-0.3, -0.25) is 4.79 Å². The molecule has 2 nitrogen and oxygen atoms in total. The van der Waals surface area contributed by atoms with Crippen molar-refractivity contribution in [3.8, 4) is 0 Å². The van der Waals surface area contributed by atoms with Crippen LogP contribution in [0.25, 0.3) is 0 Å².